The maximum Gasteiger partial charge on any atom is 0.0765 e. The minimum Gasteiger partial charge on any atom is -0.389 e. The summed E-state index contributed by atoms with van der Waals surface area (Å²) in [4.78, 5) is 0. The van der Waals surface area contributed by atoms with Crippen LogP contribution >= 0.6 is 0 Å². The standard InChI is InChI=1S/C14H27NO2/c1-3-11-5-4-6-13(7-11,10-15)14(16)8-12(9-14)17-2/h11-12,16H,3-10,15H2,1-2H3. The van der Waals surface area contributed by atoms with Gasteiger partial charge in [0.2, 0.25) is 0 Å². The molecule has 0 amide bonds. The predicted octanol–water partition coefficient (Wildman–Crippen LogP) is 2.07. The molecule has 0 aliphatic heterocycles. The van der Waals surface area contributed by atoms with Crippen LogP contribution in [-0.2, 0) is 4.74 Å². The molecule has 0 saturated heterocycles. The minimum absolute atomic E-state index is 0.0407. The van der Waals surface area contributed by atoms with E-state index < -0.39 is 5.60 Å². The summed E-state index contributed by atoms with van der Waals surface area (Å²) < 4.78 is 5.31. The molecule has 17 heavy (non-hydrogen) atoms. The molecular weight excluding hydrogens is 214 g/mol. The van der Waals surface area contributed by atoms with Crippen LogP contribution < -0.4 is 5.73 Å². The summed E-state index contributed by atoms with van der Waals surface area (Å²) in [5.74, 6) is 0.748. The number of rotatable bonds is 4. The van der Waals surface area contributed by atoms with E-state index in [0.29, 0.717) is 6.54 Å². The first-order chi connectivity index (χ1) is 8.09. The van der Waals surface area contributed by atoms with Crippen molar-refractivity contribution in [3.8, 4) is 0 Å². The molecule has 0 aromatic rings. The summed E-state index contributed by atoms with van der Waals surface area (Å²) in [5.41, 5.74) is 5.44. The first-order valence-electron chi connectivity index (χ1n) is 7.04. The topological polar surface area (TPSA) is 55.5 Å². The highest BCUT2D eigenvalue weighted by Gasteiger charge is 2.57. The number of hydrogen-bond acceptors (Lipinski definition) is 3. The van der Waals surface area contributed by atoms with Crippen molar-refractivity contribution in [1.82, 2.24) is 0 Å². The molecule has 3 nitrogen and oxygen atoms in total. The van der Waals surface area contributed by atoms with E-state index in [1.165, 1.54) is 19.3 Å². The maximum atomic E-state index is 10.8. The van der Waals surface area contributed by atoms with E-state index in [0.717, 1.165) is 31.6 Å². The van der Waals surface area contributed by atoms with Gasteiger partial charge in [-0.1, -0.05) is 26.2 Å². The molecule has 0 radical (unpaired) electrons. The fraction of sp³-hybridized carbons (Fsp3) is 1.00. The van der Waals surface area contributed by atoms with E-state index >= 15 is 0 Å². The Bertz CT molecular complexity index is 263. The summed E-state index contributed by atoms with van der Waals surface area (Å²) in [6.07, 6.45) is 7.72. The van der Waals surface area contributed by atoms with Gasteiger partial charge in [-0.25, -0.2) is 0 Å². The molecule has 2 aliphatic carbocycles. The van der Waals surface area contributed by atoms with Crippen molar-refractivity contribution in [2.45, 2.75) is 63.6 Å². The normalized spacial score (nSPS) is 46.6. The van der Waals surface area contributed by atoms with Gasteiger partial charge in [-0.05, 0) is 18.8 Å². The number of ether oxygens (including phenoxy) is 1. The van der Waals surface area contributed by atoms with Gasteiger partial charge in [0.25, 0.3) is 0 Å². The summed E-state index contributed by atoms with van der Waals surface area (Å²) in [6.45, 7) is 2.87. The Labute approximate surface area is 105 Å². The summed E-state index contributed by atoms with van der Waals surface area (Å²) in [5, 5.41) is 10.8. The Morgan fingerprint density at radius 3 is 2.59 bits per heavy atom. The highest BCUT2D eigenvalue weighted by atomic mass is 16.5. The van der Waals surface area contributed by atoms with E-state index in [2.05, 4.69) is 6.92 Å². The third-order valence-corrected chi connectivity index (χ3v) is 5.37. The van der Waals surface area contributed by atoms with Crippen molar-refractivity contribution in [3.63, 3.8) is 0 Å². The number of methoxy groups -OCH3 is 1. The number of hydrogen-bond donors (Lipinski definition) is 2. The van der Waals surface area contributed by atoms with Gasteiger partial charge in [0.05, 0.1) is 11.7 Å². The average Bonchev–Trinajstić information content (AvgIpc) is 2.34. The molecule has 0 bridgehead atoms. The van der Waals surface area contributed by atoms with Gasteiger partial charge in [-0.15, -0.1) is 0 Å². The van der Waals surface area contributed by atoms with Crippen molar-refractivity contribution in [2.24, 2.45) is 17.1 Å². The van der Waals surface area contributed by atoms with Gasteiger partial charge >= 0.3 is 0 Å². The minimum atomic E-state index is -0.559. The molecule has 0 aromatic heterocycles. The Balaban J connectivity index is 2.09. The highest BCUT2D eigenvalue weighted by Crippen LogP contribution is 2.55. The zero-order chi connectivity index (χ0) is 12.5. The molecule has 2 aliphatic rings. The second-order valence-electron chi connectivity index (χ2n) is 6.15. The fourth-order valence-electron chi connectivity index (χ4n) is 3.93. The van der Waals surface area contributed by atoms with Gasteiger partial charge in [0.1, 0.15) is 0 Å². The van der Waals surface area contributed by atoms with E-state index in [4.69, 9.17) is 10.5 Å². The van der Waals surface area contributed by atoms with Crippen molar-refractivity contribution < 1.29 is 9.84 Å². The molecule has 2 saturated carbocycles. The van der Waals surface area contributed by atoms with Gasteiger partial charge < -0.3 is 15.6 Å². The maximum absolute atomic E-state index is 10.8. The number of aliphatic hydroxyl groups is 1. The highest BCUT2D eigenvalue weighted by molar-refractivity contribution is 5.09. The molecule has 0 spiro atoms. The van der Waals surface area contributed by atoms with Crippen LogP contribution in [0, 0.1) is 11.3 Å². The third kappa shape index (κ3) is 2.13. The lowest BCUT2D eigenvalue weighted by Gasteiger charge is -2.57. The van der Waals surface area contributed by atoms with Crippen LogP contribution in [0.15, 0.2) is 0 Å². The van der Waals surface area contributed by atoms with Crippen LogP contribution in [0.1, 0.15) is 51.9 Å². The SMILES string of the molecule is CCC1CCCC(CN)(C2(O)CC(OC)C2)C1. The molecule has 3 heteroatoms. The van der Waals surface area contributed by atoms with Gasteiger partial charge in [-0.2, -0.15) is 0 Å². The van der Waals surface area contributed by atoms with E-state index in [9.17, 15) is 5.11 Å². The zero-order valence-corrected chi connectivity index (χ0v) is 11.2. The van der Waals surface area contributed by atoms with E-state index in [1.54, 1.807) is 7.11 Å². The molecular formula is C14H27NO2. The molecule has 2 atom stereocenters. The van der Waals surface area contributed by atoms with Crippen LogP contribution in [0.3, 0.4) is 0 Å². The summed E-state index contributed by atoms with van der Waals surface area (Å²) >= 11 is 0. The smallest absolute Gasteiger partial charge is 0.0765 e. The fourth-order valence-corrected chi connectivity index (χ4v) is 3.93. The van der Waals surface area contributed by atoms with Gasteiger partial charge in [-0.3, -0.25) is 0 Å². The lowest BCUT2D eigenvalue weighted by molar-refractivity contribution is -0.207. The van der Waals surface area contributed by atoms with Crippen LogP contribution in [0.5, 0.6) is 0 Å². The Kier molecular flexibility index (Phi) is 3.81. The molecule has 100 valence electrons. The van der Waals surface area contributed by atoms with Crippen LogP contribution in [0.25, 0.3) is 0 Å². The Hall–Kier alpha value is -0.120. The molecule has 2 rings (SSSR count). The van der Waals surface area contributed by atoms with Crippen LogP contribution in [0.4, 0.5) is 0 Å². The van der Waals surface area contributed by atoms with Crippen LogP contribution in [0.2, 0.25) is 0 Å². The summed E-state index contributed by atoms with van der Waals surface area (Å²) in [6, 6.07) is 0. The molecule has 0 aromatic carbocycles. The second-order valence-corrected chi connectivity index (χ2v) is 6.15. The first-order valence-corrected chi connectivity index (χ1v) is 7.04. The molecule has 0 heterocycles. The van der Waals surface area contributed by atoms with Crippen molar-refractivity contribution >= 4 is 0 Å². The zero-order valence-electron chi connectivity index (χ0n) is 11.2. The number of nitrogens with two attached hydrogens (primary N) is 1. The second kappa shape index (κ2) is 4.87. The largest absolute Gasteiger partial charge is 0.389 e. The lowest BCUT2D eigenvalue weighted by Crippen LogP contribution is -2.63. The molecule has 2 fully saturated rings. The Morgan fingerprint density at radius 1 is 1.35 bits per heavy atom. The molecule has 2 unspecified atom stereocenters. The Morgan fingerprint density at radius 2 is 2.06 bits per heavy atom. The summed E-state index contributed by atoms with van der Waals surface area (Å²) in [7, 11) is 1.73. The van der Waals surface area contributed by atoms with Crippen molar-refractivity contribution in [2.75, 3.05) is 13.7 Å². The van der Waals surface area contributed by atoms with Crippen molar-refractivity contribution in [3.05, 3.63) is 0 Å². The van der Waals surface area contributed by atoms with Gasteiger partial charge in [0.15, 0.2) is 0 Å². The van der Waals surface area contributed by atoms with Crippen LogP contribution in [-0.4, -0.2) is 30.5 Å². The van der Waals surface area contributed by atoms with Crippen molar-refractivity contribution in [1.29, 1.82) is 0 Å². The quantitative estimate of drug-likeness (QED) is 0.792. The third-order valence-electron chi connectivity index (χ3n) is 5.37. The molecule has 3 N–H and O–H groups in total. The lowest BCUT2D eigenvalue weighted by atomic mass is 9.53. The van der Waals surface area contributed by atoms with E-state index in [1.807, 2.05) is 0 Å². The van der Waals surface area contributed by atoms with Gasteiger partial charge in [0, 0.05) is 31.9 Å². The van der Waals surface area contributed by atoms with E-state index in [-0.39, 0.29) is 11.5 Å². The average molecular weight is 241 g/mol. The monoisotopic (exact) mass is 241 g/mol. The predicted molar refractivity (Wildman–Crippen MR) is 68.7 cm³/mol. The first kappa shape index (κ1) is 13.3.